The predicted octanol–water partition coefficient (Wildman–Crippen LogP) is -0.00778. The summed E-state index contributed by atoms with van der Waals surface area (Å²) in [5, 5.41) is 13.1. The van der Waals surface area contributed by atoms with Gasteiger partial charge in [-0.1, -0.05) is 10.3 Å². The first-order chi connectivity index (χ1) is 7.09. The van der Waals surface area contributed by atoms with Crippen molar-refractivity contribution in [2.24, 2.45) is 0 Å². The molecule has 6 heteroatoms. The van der Waals surface area contributed by atoms with Gasteiger partial charge in [-0.25, -0.2) is 4.63 Å². The third-order valence-corrected chi connectivity index (χ3v) is 1.77. The van der Waals surface area contributed by atoms with Gasteiger partial charge < -0.3 is 10.6 Å². The smallest absolute Gasteiger partial charge is 0.234 e. The molecule has 0 spiro atoms. The third kappa shape index (κ3) is 4.07. The molecule has 0 aliphatic heterocycles. The molecule has 1 aromatic heterocycles. The number of carbonyl (C=O) groups is 1. The zero-order valence-corrected chi connectivity index (χ0v) is 9.20. The average molecular weight is 212 g/mol. The zero-order chi connectivity index (χ0) is 11.3. The van der Waals surface area contributed by atoms with Crippen LogP contribution >= 0.6 is 0 Å². The summed E-state index contributed by atoms with van der Waals surface area (Å²) in [6.45, 7) is 6.40. The third-order valence-electron chi connectivity index (χ3n) is 1.77. The molecule has 0 saturated carbocycles. The molecule has 0 saturated heterocycles. The summed E-state index contributed by atoms with van der Waals surface area (Å²) in [7, 11) is 0. The van der Waals surface area contributed by atoms with Crippen molar-refractivity contribution in [3.63, 3.8) is 0 Å². The maximum Gasteiger partial charge on any atom is 0.234 e. The van der Waals surface area contributed by atoms with E-state index >= 15 is 0 Å². The van der Waals surface area contributed by atoms with Crippen molar-refractivity contribution in [3.05, 3.63) is 11.4 Å². The Morgan fingerprint density at radius 1 is 1.47 bits per heavy atom. The first kappa shape index (κ1) is 11.6. The molecule has 2 N–H and O–H groups in total. The quantitative estimate of drug-likeness (QED) is 0.717. The molecule has 0 unspecified atom stereocenters. The van der Waals surface area contributed by atoms with Crippen LogP contribution in [0.1, 0.15) is 25.2 Å². The molecular formula is C9H16N4O2. The lowest BCUT2D eigenvalue weighted by atomic mass is 10.3. The minimum Gasteiger partial charge on any atom is -0.353 e. The van der Waals surface area contributed by atoms with E-state index in [0.29, 0.717) is 6.54 Å². The molecule has 15 heavy (non-hydrogen) atoms. The van der Waals surface area contributed by atoms with Crippen LogP contribution in [0.5, 0.6) is 0 Å². The van der Waals surface area contributed by atoms with Crippen LogP contribution in [0.3, 0.4) is 0 Å². The van der Waals surface area contributed by atoms with Gasteiger partial charge in [0.15, 0.2) is 0 Å². The van der Waals surface area contributed by atoms with E-state index in [4.69, 9.17) is 0 Å². The van der Waals surface area contributed by atoms with E-state index in [1.807, 2.05) is 20.8 Å². The first-order valence-corrected chi connectivity index (χ1v) is 4.87. The molecule has 0 aliphatic carbocycles. The molecular weight excluding hydrogens is 196 g/mol. The van der Waals surface area contributed by atoms with E-state index in [1.54, 1.807) is 0 Å². The van der Waals surface area contributed by atoms with Crippen LogP contribution in [0.25, 0.3) is 0 Å². The minimum atomic E-state index is -0.0286. The summed E-state index contributed by atoms with van der Waals surface area (Å²) in [4.78, 5) is 11.2. The van der Waals surface area contributed by atoms with Gasteiger partial charge in [0.2, 0.25) is 5.91 Å². The van der Waals surface area contributed by atoms with Crippen LogP contribution in [0, 0.1) is 6.92 Å². The van der Waals surface area contributed by atoms with Gasteiger partial charge in [0.25, 0.3) is 0 Å². The zero-order valence-electron chi connectivity index (χ0n) is 9.20. The lowest BCUT2D eigenvalue weighted by Crippen LogP contribution is -2.37. The van der Waals surface area contributed by atoms with Gasteiger partial charge in [-0.2, -0.15) is 0 Å². The van der Waals surface area contributed by atoms with Crippen LogP contribution in [0.4, 0.5) is 0 Å². The Hall–Kier alpha value is -1.43. The van der Waals surface area contributed by atoms with E-state index in [9.17, 15) is 4.79 Å². The monoisotopic (exact) mass is 212 g/mol. The highest BCUT2D eigenvalue weighted by Crippen LogP contribution is 1.98. The fourth-order valence-electron chi connectivity index (χ4n) is 1.08. The lowest BCUT2D eigenvalue weighted by molar-refractivity contribution is -0.120. The fourth-order valence-corrected chi connectivity index (χ4v) is 1.08. The maximum absolute atomic E-state index is 11.2. The predicted molar refractivity (Wildman–Crippen MR) is 54.0 cm³/mol. The molecule has 0 radical (unpaired) electrons. The summed E-state index contributed by atoms with van der Waals surface area (Å²) >= 11 is 0. The fraction of sp³-hybridized carbons (Fsp3) is 0.667. The number of carbonyl (C=O) groups excluding carboxylic acids is 1. The Morgan fingerprint density at radius 2 is 2.20 bits per heavy atom. The molecule has 6 nitrogen and oxygen atoms in total. The van der Waals surface area contributed by atoms with Gasteiger partial charge in [0, 0.05) is 12.6 Å². The van der Waals surface area contributed by atoms with Crippen LogP contribution in [0.2, 0.25) is 0 Å². The molecule has 0 aromatic carbocycles. The van der Waals surface area contributed by atoms with E-state index < -0.39 is 0 Å². The standard InChI is InChI=1S/C9H16N4O2/c1-6(2)11-9(14)5-10-4-8-7(3)12-15-13-8/h6,10H,4-5H2,1-3H3,(H,11,14). The topological polar surface area (TPSA) is 80.1 Å². The molecule has 0 aliphatic rings. The summed E-state index contributed by atoms with van der Waals surface area (Å²) in [6.07, 6.45) is 0. The Kier molecular flexibility index (Phi) is 4.23. The summed E-state index contributed by atoms with van der Waals surface area (Å²) < 4.78 is 4.53. The van der Waals surface area contributed by atoms with Crippen LogP contribution < -0.4 is 10.6 Å². The molecule has 1 heterocycles. The summed E-state index contributed by atoms with van der Waals surface area (Å²) in [5.74, 6) is -0.0286. The second-order valence-electron chi connectivity index (χ2n) is 3.62. The number of hydrogen-bond acceptors (Lipinski definition) is 5. The molecule has 0 bridgehead atoms. The van der Waals surface area contributed by atoms with Crippen molar-refractivity contribution in [1.29, 1.82) is 0 Å². The lowest BCUT2D eigenvalue weighted by Gasteiger charge is -2.08. The highest BCUT2D eigenvalue weighted by atomic mass is 16.6. The molecule has 1 rings (SSSR count). The number of nitrogens with zero attached hydrogens (tertiary/aromatic N) is 2. The Bertz CT molecular complexity index is 322. The molecule has 0 fully saturated rings. The van der Waals surface area contributed by atoms with Crippen molar-refractivity contribution in [1.82, 2.24) is 20.9 Å². The van der Waals surface area contributed by atoms with Crippen molar-refractivity contribution in [2.45, 2.75) is 33.4 Å². The number of amides is 1. The van der Waals surface area contributed by atoms with Crippen molar-refractivity contribution >= 4 is 5.91 Å². The molecule has 1 aromatic rings. The van der Waals surface area contributed by atoms with Crippen LogP contribution in [-0.2, 0) is 11.3 Å². The maximum atomic E-state index is 11.2. The van der Waals surface area contributed by atoms with Crippen molar-refractivity contribution in [3.8, 4) is 0 Å². The second kappa shape index (κ2) is 5.45. The highest BCUT2D eigenvalue weighted by Gasteiger charge is 2.06. The number of rotatable bonds is 5. The Balaban J connectivity index is 2.22. The van der Waals surface area contributed by atoms with E-state index in [2.05, 4.69) is 25.6 Å². The van der Waals surface area contributed by atoms with Gasteiger partial charge in [-0.3, -0.25) is 4.79 Å². The number of aryl methyl sites for hydroxylation is 1. The highest BCUT2D eigenvalue weighted by molar-refractivity contribution is 5.78. The summed E-state index contributed by atoms with van der Waals surface area (Å²) in [6, 6.07) is 0.162. The first-order valence-electron chi connectivity index (χ1n) is 4.87. The molecule has 84 valence electrons. The van der Waals surface area contributed by atoms with Gasteiger partial charge in [-0.15, -0.1) is 0 Å². The Labute approximate surface area is 88.4 Å². The number of nitrogens with one attached hydrogen (secondary N) is 2. The normalized spacial score (nSPS) is 10.7. The SMILES string of the molecule is Cc1nonc1CNCC(=O)NC(C)C. The molecule has 0 atom stereocenters. The number of aromatic nitrogens is 2. The van der Waals surface area contributed by atoms with Gasteiger partial charge in [-0.05, 0) is 20.8 Å². The average Bonchev–Trinajstić information content (AvgIpc) is 2.50. The van der Waals surface area contributed by atoms with Crippen molar-refractivity contribution in [2.75, 3.05) is 6.54 Å². The van der Waals surface area contributed by atoms with E-state index in [1.165, 1.54) is 0 Å². The van der Waals surface area contributed by atoms with E-state index in [-0.39, 0.29) is 18.5 Å². The second-order valence-corrected chi connectivity index (χ2v) is 3.62. The van der Waals surface area contributed by atoms with Gasteiger partial charge in [0.05, 0.1) is 6.54 Å². The summed E-state index contributed by atoms with van der Waals surface area (Å²) in [5.41, 5.74) is 1.47. The Morgan fingerprint density at radius 3 is 2.73 bits per heavy atom. The van der Waals surface area contributed by atoms with Gasteiger partial charge in [0.1, 0.15) is 11.4 Å². The van der Waals surface area contributed by atoms with E-state index in [0.717, 1.165) is 11.4 Å². The minimum absolute atomic E-state index is 0.0286. The van der Waals surface area contributed by atoms with Gasteiger partial charge >= 0.3 is 0 Å². The number of hydrogen-bond donors (Lipinski definition) is 2. The van der Waals surface area contributed by atoms with Crippen LogP contribution in [0.15, 0.2) is 4.63 Å². The largest absolute Gasteiger partial charge is 0.353 e. The van der Waals surface area contributed by atoms with Crippen molar-refractivity contribution < 1.29 is 9.42 Å². The molecule has 1 amide bonds. The van der Waals surface area contributed by atoms with Crippen LogP contribution in [-0.4, -0.2) is 28.8 Å².